The largest absolute Gasteiger partial charge is 0.491 e. The molecule has 19 heavy (non-hydrogen) atoms. The van der Waals surface area contributed by atoms with Crippen molar-refractivity contribution >= 4 is 17.2 Å². The molecule has 0 saturated heterocycles. The van der Waals surface area contributed by atoms with E-state index in [1.807, 2.05) is 24.3 Å². The van der Waals surface area contributed by atoms with Gasteiger partial charge in [-0.3, -0.25) is 0 Å². The molecule has 2 N–H and O–H groups in total. The molecular weight excluding hydrogens is 258 g/mol. The van der Waals surface area contributed by atoms with Crippen LogP contribution in [0.25, 0.3) is 0 Å². The van der Waals surface area contributed by atoms with Gasteiger partial charge in [-0.25, -0.2) is 0 Å². The SMILES string of the molecule is NC(=S)c1cccc(OCCOCC2CCCC2)c1. The molecule has 0 atom stereocenters. The van der Waals surface area contributed by atoms with Gasteiger partial charge in [-0.05, 0) is 30.9 Å². The van der Waals surface area contributed by atoms with E-state index in [1.54, 1.807) is 0 Å². The van der Waals surface area contributed by atoms with Crippen LogP contribution in [0.3, 0.4) is 0 Å². The third kappa shape index (κ3) is 4.80. The van der Waals surface area contributed by atoms with E-state index in [2.05, 4.69) is 0 Å². The lowest BCUT2D eigenvalue weighted by Crippen LogP contribution is -2.12. The van der Waals surface area contributed by atoms with Crippen LogP contribution in [0.2, 0.25) is 0 Å². The molecule has 104 valence electrons. The highest BCUT2D eigenvalue weighted by Gasteiger charge is 2.14. The Kier molecular flexibility index (Phi) is 5.61. The summed E-state index contributed by atoms with van der Waals surface area (Å²) >= 11 is 4.93. The van der Waals surface area contributed by atoms with Crippen molar-refractivity contribution < 1.29 is 9.47 Å². The van der Waals surface area contributed by atoms with Gasteiger partial charge in [0, 0.05) is 12.2 Å². The molecule has 1 aliphatic rings. The molecule has 0 amide bonds. The molecule has 1 fully saturated rings. The fourth-order valence-corrected chi connectivity index (χ4v) is 2.51. The number of hydrogen-bond acceptors (Lipinski definition) is 3. The summed E-state index contributed by atoms with van der Waals surface area (Å²) in [5, 5.41) is 0. The maximum atomic E-state index is 5.64. The Morgan fingerprint density at radius 3 is 2.79 bits per heavy atom. The van der Waals surface area contributed by atoms with Gasteiger partial charge in [-0.2, -0.15) is 0 Å². The standard InChI is InChI=1S/C15H21NO2S/c16-15(19)13-6-3-7-14(10-13)18-9-8-17-11-12-4-1-2-5-12/h3,6-7,10,12H,1-2,4-5,8-9,11H2,(H2,16,19). The topological polar surface area (TPSA) is 44.5 Å². The van der Waals surface area contributed by atoms with Crippen molar-refractivity contribution in [3.63, 3.8) is 0 Å². The van der Waals surface area contributed by atoms with Crippen LogP contribution in [-0.4, -0.2) is 24.8 Å². The van der Waals surface area contributed by atoms with Crippen LogP contribution >= 0.6 is 12.2 Å². The van der Waals surface area contributed by atoms with Crippen molar-refractivity contribution in [2.75, 3.05) is 19.8 Å². The Morgan fingerprint density at radius 2 is 2.05 bits per heavy atom. The molecule has 2 rings (SSSR count). The zero-order chi connectivity index (χ0) is 13.5. The summed E-state index contributed by atoms with van der Waals surface area (Å²) in [6, 6.07) is 7.53. The van der Waals surface area contributed by atoms with Crippen molar-refractivity contribution in [3.05, 3.63) is 29.8 Å². The lowest BCUT2D eigenvalue weighted by molar-refractivity contribution is 0.0754. The summed E-state index contributed by atoms with van der Waals surface area (Å²) in [7, 11) is 0. The van der Waals surface area contributed by atoms with Crippen LogP contribution in [0.4, 0.5) is 0 Å². The first-order valence-electron chi connectivity index (χ1n) is 6.86. The van der Waals surface area contributed by atoms with E-state index < -0.39 is 0 Å². The minimum Gasteiger partial charge on any atom is -0.491 e. The van der Waals surface area contributed by atoms with Gasteiger partial charge < -0.3 is 15.2 Å². The van der Waals surface area contributed by atoms with E-state index >= 15 is 0 Å². The summed E-state index contributed by atoms with van der Waals surface area (Å²) in [6.45, 7) is 2.07. The predicted octanol–water partition coefficient (Wildman–Crippen LogP) is 2.91. The van der Waals surface area contributed by atoms with E-state index in [0.29, 0.717) is 18.2 Å². The van der Waals surface area contributed by atoms with Crippen molar-refractivity contribution in [2.24, 2.45) is 11.7 Å². The maximum Gasteiger partial charge on any atom is 0.120 e. The van der Waals surface area contributed by atoms with Crippen LogP contribution < -0.4 is 10.5 Å². The normalized spacial score (nSPS) is 15.6. The molecule has 0 aliphatic heterocycles. The highest BCUT2D eigenvalue weighted by molar-refractivity contribution is 7.80. The zero-order valence-electron chi connectivity index (χ0n) is 11.1. The predicted molar refractivity (Wildman–Crippen MR) is 80.6 cm³/mol. The van der Waals surface area contributed by atoms with Crippen LogP contribution in [0.15, 0.2) is 24.3 Å². The molecular formula is C15H21NO2S. The summed E-state index contributed by atoms with van der Waals surface area (Å²) in [6.07, 6.45) is 5.35. The maximum absolute atomic E-state index is 5.64. The zero-order valence-corrected chi connectivity index (χ0v) is 12.0. The first-order chi connectivity index (χ1) is 9.25. The highest BCUT2D eigenvalue weighted by atomic mass is 32.1. The molecule has 0 unspecified atom stereocenters. The molecule has 3 nitrogen and oxygen atoms in total. The van der Waals surface area contributed by atoms with Crippen LogP contribution in [0.1, 0.15) is 31.2 Å². The van der Waals surface area contributed by atoms with Crippen molar-refractivity contribution in [3.8, 4) is 5.75 Å². The molecule has 0 spiro atoms. The first kappa shape index (κ1) is 14.3. The van der Waals surface area contributed by atoms with Gasteiger partial charge in [0.25, 0.3) is 0 Å². The van der Waals surface area contributed by atoms with E-state index in [9.17, 15) is 0 Å². The Morgan fingerprint density at radius 1 is 1.26 bits per heavy atom. The van der Waals surface area contributed by atoms with Gasteiger partial charge in [-0.1, -0.05) is 37.2 Å². The second kappa shape index (κ2) is 7.46. The van der Waals surface area contributed by atoms with Gasteiger partial charge in [0.05, 0.1) is 6.61 Å². The van der Waals surface area contributed by atoms with Crippen molar-refractivity contribution in [1.29, 1.82) is 0 Å². The van der Waals surface area contributed by atoms with Gasteiger partial charge in [0.2, 0.25) is 0 Å². The Labute approximate surface area is 120 Å². The molecule has 0 heterocycles. The fraction of sp³-hybridized carbons (Fsp3) is 0.533. The third-order valence-electron chi connectivity index (χ3n) is 3.44. The summed E-state index contributed by atoms with van der Waals surface area (Å²) in [4.78, 5) is 0.392. The van der Waals surface area contributed by atoms with E-state index in [0.717, 1.165) is 23.8 Å². The summed E-state index contributed by atoms with van der Waals surface area (Å²) in [5.41, 5.74) is 6.41. The molecule has 1 aliphatic carbocycles. The van der Waals surface area contributed by atoms with Gasteiger partial charge in [-0.15, -0.1) is 0 Å². The Bertz CT molecular complexity index is 416. The van der Waals surface area contributed by atoms with E-state index in [1.165, 1.54) is 25.7 Å². The number of hydrogen-bond donors (Lipinski definition) is 1. The minimum absolute atomic E-state index is 0.392. The van der Waals surface area contributed by atoms with Crippen LogP contribution in [-0.2, 0) is 4.74 Å². The minimum atomic E-state index is 0.392. The molecule has 4 heteroatoms. The van der Waals surface area contributed by atoms with Gasteiger partial charge in [0.1, 0.15) is 17.3 Å². The molecule has 1 aromatic carbocycles. The van der Waals surface area contributed by atoms with Crippen LogP contribution in [0.5, 0.6) is 5.75 Å². The molecule has 1 aromatic rings. The Hall–Kier alpha value is -1.13. The quantitative estimate of drug-likeness (QED) is 0.616. The molecule has 0 radical (unpaired) electrons. The number of ether oxygens (including phenoxy) is 2. The Balaban J connectivity index is 1.64. The number of rotatable bonds is 7. The number of thiocarbonyl (C=S) groups is 1. The van der Waals surface area contributed by atoms with Gasteiger partial charge in [0.15, 0.2) is 0 Å². The lowest BCUT2D eigenvalue weighted by atomic mass is 10.1. The average Bonchev–Trinajstić information content (AvgIpc) is 2.92. The molecule has 0 aromatic heterocycles. The average molecular weight is 279 g/mol. The number of benzene rings is 1. The lowest BCUT2D eigenvalue weighted by Gasteiger charge is -2.11. The van der Waals surface area contributed by atoms with E-state index in [-0.39, 0.29) is 0 Å². The van der Waals surface area contributed by atoms with Gasteiger partial charge >= 0.3 is 0 Å². The second-order valence-electron chi connectivity index (χ2n) is 4.97. The smallest absolute Gasteiger partial charge is 0.120 e. The third-order valence-corrected chi connectivity index (χ3v) is 3.68. The second-order valence-corrected chi connectivity index (χ2v) is 5.41. The van der Waals surface area contributed by atoms with Crippen LogP contribution in [0, 0.1) is 5.92 Å². The fourth-order valence-electron chi connectivity index (χ4n) is 2.38. The summed E-state index contributed by atoms with van der Waals surface area (Å²) < 4.78 is 11.3. The van der Waals surface area contributed by atoms with E-state index in [4.69, 9.17) is 27.4 Å². The molecule has 1 saturated carbocycles. The van der Waals surface area contributed by atoms with Crippen molar-refractivity contribution in [2.45, 2.75) is 25.7 Å². The first-order valence-corrected chi connectivity index (χ1v) is 7.27. The summed E-state index contributed by atoms with van der Waals surface area (Å²) in [5.74, 6) is 1.55. The monoisotopic (exact) mass is 279 g/mol. The molecule has 0 bridgehead atoms. The highest BCUT2D eigenvalue weighted by Crippen LogP contribution is 2.24. The van der Waals surface area contributed by atoms with Crippen molar-refractivity contribution in [1.82, 2.24) is 0 Å². The number of nitrogens with two attached hydrogens (primary N) is 1.